The minimum Gasteiger partial charge on any atom is -0.492 e. The number of hydrogen-bond donors (Lipinski definition) is 0. The topological polar surface area (TPSA) is 12.5 Å². The van der Waals surface area contributed by atoms with Gasteiger partial charge in [-0.25, -0.2) is 4.39 Å². The second-order valence-electron chi connectivity index (χ2n) is 8.26. The van der Waals surface area contributed by atoms with E-state index in [1.165, 1.54) is 38.2 Å². The summed E-state index contributed by atoms with van der Waals surface area (Å²) in [4.78, 5) is 2.75. The van der Waals surface area contributed by atoms with Gasteiger partial charge in [-0.15, -0.1) is 0 Å². The van der Waals surface area contributed by atoms with Crippen molar-refractivity contribution in [3.63, 3.8) is 0 Å². The summed E-state index contributed by atoms with van der Waals surface area (Å²) < 4.78 is 19.6. The Kier molecular flexibility index (Phi) is 3.23. The van der Waals surface area contributed by atoms with Crippen LogP contribution in [0, 0.1) is 17.7 Å². The lowest BCUT2D eigenvalue weighted by Gasteiger charge is -2.55. The van der Waals surface area contributed by atoms with Crippen LogP contribution in [0.3, 0.4) is 0 Å². The summed E-state index contributed by atoms with van der Waals surface area (Å²) in [5, 5.41) is 0. The zero-order valence-corrected chi connectivity index (χ0v) is 13.8. The Morgan fingerprint density at radius 3 is 2.78 bits per heavy atom. The van der Waals surface area contributed by atoms with Crippen LogP contribution in [0.15, 0.2) is 18.2 Å². The molecule has 1 aromatic carbocycles. The maximum Gasteiger partial charge on any atom is 0.123 e. The maximum atomic E-state index is 13.7. The van der Waals surface area contributed by atoms with Gasteiger partial charge in [0.1, 0.15) is 11.6 Å². The molecule has 4 aliphatic rings. The summed E-state index contributed by atoms with van der Waals surface area (Å²) in [6, 6.07) is 5.89. The quantitative estimate of drug-likeness (QED) is 0.772. The van der Waals surface area contributed by atoms with E-state index in [1.807, 2.05) is 6.07 Å². The standard InChI is InChI=1S/C20H26FNO/c21-15-5-6-19-17(12-15)20(13-23-19)7-9-22(10-8-20)18-11-14-3-1-2-4-16(14)18/h5-6,12,14,16,18H,1-4,7-11,13H2/t14?,16-,18+/m1/s1. The highest BCUT2D eigenvalue weighted by Gasteiger charge is 2.49. The van der Waals surface area contributed by atoms with E-state index in [0.717, 1.165) is 61.7 Å². The zero-order valence-electron chi connectivity index (χ0n) is 13.8. The fourth-order valence-corrected chi connectivity index (χ4v) is 5.78. The number of nitrogens with zero attached hydrogens (tertiary/aromatic N) is 1. The number of ether oxygens (including phenoxy) is 1. The molecule has 3 fully saturated rings. The Balaban J connectivity index is 1.30. The number of benzene rings is 1. The first-order valence-corrected chi connectivity index (χ1v) is 9.42. The highest BCUT2D eigenvalue weighted by Crippen LogP contribution is 2.50. The van der Waals surface area contributed by atoms with E-state index in [1.54, 1.807) is 6.07 Å². The second kappa shape index (κ2) is 5.20. The Morgan fingerprint density at radius 1 is 1.13 bits per heavy atom. The average Bonchev–Trinajstić information content (AvgIpc) is 2.89. The van der Waals surface area contributed by atoms with Crippen molar-refractivity contribution in [1.82, 2.24) is 4.90 Å². The van der Waals surface area contributed by atoms with Gasteiger partial charge in [-0.2, -0.15) is 0 Å². The van der Waals surface area contributed by atoms with Gasteiger partial charge < -0.3 is 9.64 Å². The van der Waals surface area contributed by atoms with Gasteiger partial charge in [-0.3, -0.25) is 0 Å². The summed E-state index contributed by atoms with van der Waals surface area (Å²) in [7, 11) is 0. The summed E-state index contributed by atoms with van der Waals surface area (Å²) in [5.41, 5.74) is 1.20. The highest BCUT2D eigenvalue weighted by molar-refractivity contribution is 5.44. The van der Waals surface area contributed by atoms with Crippen LogP contribution >= 0.6 is 0 Å². The predicted molar refractivity (Wildman–Crippen MR) is 88.2 cm³/mol. The van der Waals surface area contributed by atoms with Crippen LogP contribution in [0.2, 0.25) is 0 Å². The molecule has 0 bridgehead atoms. The first-order chi connectivity index (χ1) is 11.3. The van der Waals surface area contributed by atoms with Crippen LogP contribution in [0.4, 0.5) is 4.39 Å². The molecule has 0 amide bonds. The molecule has 2 nitrogen and oxygen atoms in total. The number of halogens is 1. The summed E-state index contributed by atoms with van der Waals surface area (Å²) in [5.74, 6) is 2.78. The SMILES string of the molecule is Fc1ccc2c(c1)C1(CCN([C@H]3CC4CCCC[C@H]43)CC1)CO2. The first kappa shape index (κ1) is 14.3. The monoisotopic (exact) mass is 315 g/mol. The van der Waals surface area contributed by atoms with Crippen LogP contribution in [-0.2, 0) is 5.41 Å². The number of likely N-dealkylation sites (tertiary alicyclic amines) is 1. The van der Waals surface area contributed by atoms with Crippen LogP contribution in [0.25, 0.3) is 0 Å². The lowest BCUT2D eigenvalue weighted by atomic mass is 9.61. The number of hydrogen-bond acceptors (Lipinski definition) is 2. The molecule has 3 heteroatoms. The molecule has 1 saturated heterocycles. The molecule has 0 N–H and O–H groups in total. The Bertz CT molecular complexity index is 608. The van der Waals surface area contributed by atoms with Gasteiger partial charge in [-0.1, -0.05) is 19.3 Å². The Labute approximate surface area is 138 Å². The Morgan fingerprint density at radius 2 is 1.96 bits per heavy atom. The fraction of sp³-hybridized carbons (Fsp3) is 0.700. The van der Waals surface area contributed by atoms with E-state index in [2.05, 4.69) is 4.90 Å². The molecule has 3 atom stereocenters. The van der Waals surface area contributed by atoms with Gasteiger partial charge in [-0.05, 0) is 68.8 Å². The van der Waals surface area contributed by atoms with Crippen molar-refractivity contribution < 1.29 is 9.13 Å². The van der Waals surface area contributed by atoms with E-state index in [-0.39, 0.29) is 11.2 Å². The van der Waals surface area contributed by atoms with Gasteiger partial charge in [0.2, 0.25) is 0 Å². The van der Waals surface area contributed by atoms with Crippen LogP contribution < -0.4 is 4.74 Å². The molecule has 124 valence electrons. The van der Waals surface area contributed by atoms with Crippen molar-refractivity contribution in [2.45, 2.75) is 56.4 Å². The average molecular weight is 315 g/mol. The van der Waals surface area contributed by atoms with Crippen molar-refractivity contribution in [2.24, 2.45) is 11.8 Å². The van der Waals surface area contributed by atoms with Crippen LogP contribution in [0.1, 0.15) is 50.5 Å². The molecule has 0 aromatic heterocycles. The van der Waals surface area contributed by atoms with E-state index in [0.29, 0.717) is 0 Å². The van der Waals surface area contributed by atoms with Crippen molar-refractivity contribution in [2.75, 3.05) is 19.7 Å². The maximum absolute atomic E-state index is 13.7. The van der Waals surface area contributed by atoms with E-state index in [4.69, 9.17) is 4.74 Å². The lowest BCUT2D eigenvalue weighted by molar-refractivity contribution is -0.0404. The van der Waals surface area contributed by atoms with Gasteiger partial charge in [0.05, 0.1) is 6.61 Å². The molecule has 2 saturated carbocycles. The number of rotatable bonds is 1. The predicted octanol–water partition coefficient (Wildman–Crippen LogP) is 4.13. The van der Waals surface area contributed by atoms with E-state index < -0.39 is 0 Å². The summed E-state index contributed by atoms with van der Waals surface area (Å²) >= 11 is 0. The first-order valence-electron chi connectivity index (χ1n) is 9.42. The molecular formula is C20H26FNO. The Hall–Kier alpha value is -1.09. The van der Waals surface area contributed by atoms with Crippen molar-refractivity contribution in [1.29, 1.82) is 0 Å². The summed E-state index contributed by atoms with van der Waals surface area (Å²) in [6.07, 6.45) is 9.49. The van der Waals surface area contributed by atoms with Crippen molar-refractivity contribution >= 4 is 0 Å². The second-order valence-corrected chi connectivity index (χ2v) is 8.26. The molecule has 1 unspecified atom stereocenters. The van der Waals surface area contributed by atoms with E-state index in [9.17, 15) is 4.39 Å². The number of piperidine rings is 1. The molecule has 2 aliphatic heterocycles. The largest absolute Gasteiger partial charge is 0.492 e. The smallest absolute Gasteiger partial charge is 0.123 e. The van der Waals surface area contributed by atoms with Crippen molar-refractivity contribution in [3.05, 3.63) is 29.6 Å². The lowest BCUT2D eigenvalue weighted by Crippen LogP contribution is -2.57. The van der Waals surface area contributed by atoms with Gasteiger partial charge in [0.25, 0.3) is 0 Å². The molecule has 1 spiro atoms. The molecule has 23 heavy (non-hydrogen) atoms. The van der Waals surface area contributed by atoms with E-state index >= 15 is 0 Å². The normalized spacial score (nSPS) is 35.3. The molecule has 1 aromatic rings. The highest BCUT2D eigenvalue weighted by atomic mass is 19.1. The van der Waals surface area contributed by atoms with Crippen molar-refractivity contribution in [3.8, 4) is 5.75 Å². The molecule has 0 radical (unpaired) electrons. The fourth-order valence-electron chi connectivity index (χ4n) is 5.78. The minimum atomic E-state index is -0.125. The molecule has 2 aliphatic carbocycles. The zero-order chi connectivity index (χ0) is 15.4. The summed E-state index contributed by atoms with van der Waals surface area (Å²) in [6.45, 7) is 3.07. The van der Waals surface area contributed by atoms with Crippen LogP contribution in [0.5, 0.6) is 5.75 Å². The third kappa shape index (κ3) is 2.15. The third-order valence-corrected chi connectivity index (χ3v) is 7.25. The molecule has 2 heterocycles. The molecule has 5 rings (SSSR count). The van der Waals surface area contributed by atoms with Crippen LogP contribution in [-0.4, -0.2) is 30.6 Å². The molecular weight excluding hydrogens is 289 g/mol. The van der Waals surface area contributed by atoms with Gasteiger partial charge >= 0.3 is 0 Å². The number of fused-ring (bicyclic) bond motifs is 3. The van der Waals surface area contributed by atoms with Gasteiger partial charge in [0.15, 0.2) is 0 Å². The van der Waals surface area contributed by atoms with Gasteiger partial charge in [0, 0.05) is 17.0 Å². The minimum absolute atomic E-state index is 0.0731. The third-order valence-electron chi connectivity index (χ3n) is 7.25.